The van der Waals surface area contributed by atoms with Crippen molar-refractivity contribution in [3.05, 3.63) is 83.9 Å². The number of hydrogen-bond acceptors (Lipinski definition) is 1. The molecule has 22 heavy (non-hydrogen) atoms. The molecule has 3 aromatic rings. The highest BCUT2D eigenvalue weighted by Gasteiger charge is 2.07. The Kier molecular flexibility index (Phi) is 4.21. The molecule has 1 atom stereocenters. The Morgan fingerprint density at radius 1 is 0.727 bits per heavy atom. The molecule has 0 saturated carbocycles. The average Bonchev–Trinajstić information content (AvgIpc) is 2.59. The number of hydrogen-bond donors (Lipinski definition) is 1. The van der Waals surface area contributed by atoms with Gasteiger partial charge >= 0.3 is 0 Å². The third kappa shape index (κ3) is 3.18. The standard InChI is InChI=1S/C21H14O/c22-21(16-7-4-11-17-9-2-1-3-10-17)20-15-8-13-18-12-5-6-14-19(18)20/h1-3,5-6,8-10,12-15,21-22H. The molecular formula is C21H14O. The van der Waals surface area contributed by atoms with Gasteiger partial charge < -0.3 is 5.11 Å². The predicted molar refractivity (Wildman–Crippen MR) is 90.0 cm³/mol. The van der Waals surface area contributed by atoms with E-state index >= 15 is 0 Å². The van der Waals surface area contributed by atoms with E-state index < -0.39 is 6.10 Å². The van der Waals surface area contributed by atoms with Gasteiger partial charge in [-0.25, -0.2) is 0 Å². The number of aliphatic hydroxyl groups excluding tert-OH is 1. The molecule has 1 unspecified atom stereocenters. The van der Waals surface area contributed by atoms with Crippen molar-refractivity contribution in [3.8, 4) is 23.7 Å². The van der Waals surface area contributed by atoms with Crippen LogP contribution in [0.4, 0.5) is 0 Å². The van der Waals surface area contributed by atoms with Crippen molar-refractivity contribution in [3.63, 3.8) is 0 Å². The van der Waals surface area contributed by atoms with E-state index in [0.29, 0.717) is 0 Å². The molecular weight excluding hydrogens is 268 g/mol. The highest BCUT2D eigenvalue weighted by atomic mass is 16.3. The Morgan fingerprint density at radius 3 is 2.32 bits per heavy atom. The molecule has 0 amide bonds. The van der Waals surface area contributed by atoms with E-state index in [1.54, 1.807) is 0 Å². The highest BCUT2D eigenvalue weighted by Crippen LogP contribution is 2.23. The van der Waals surface area contributed by atoms with Crippen LogP contribution in [0.15, 0.2) is 72.8 Å². The van der Waals surface area contributed by atoms with E-state index in [2.05, 4.69) is 23.7 Å². The maximum absolute atomic E-state index is 10.3. The Balaban J connectivity index is 1.85. The SMILES string of the molecule is OC(C#CC#Cc1ccccc1)c1cccc2ccccc12. The summed E-state index contributed by atoms with van der Waals surface area (Å²) in [4.78, 5) is 0. The average molecular weight is 282 g/mol. The molecule has 1 heteroatoms. The zero-order valence-corrected chi connectivity index (χ0v) is 12.0. The van der Waals surface area contributed by atoms with Crippen LogP contribution in [0, 0.1) is 23.7 Å². The van der Waals surface area contributed by atoms with Crippen LogP contribution < -0.4 is 0 Å². The van der Waals surface area contributed by atoms with Gasteiger partial charge in [0.25, 0.3) is 0 Å². The molecule has 0 aromatic heterocycles. The van der Waals surface area contributed by atoms with Gasteiger partial charge in [0, 0.05) is 11.1 Å². The van der Waals surface area contributed by atoms with Crippen LogP contribution in [0.5, 0.6) is 0 Å². The second-order valence-electron chi connectivity index (χ2n) is 4.86. The van der Waals surface area contributed by atoms with Crippen LogP contribution in [-0.2, 0) is 0 Å². The Hall–Kier alpha value is -3.00. The quantitative estimate of drug-likeness (QED) is 0.671. The zero-order chi connectivity index (χ0) is 15.2. The predicted octanol–water partition coefficient (Wildman–Crippen LogP) is 3.93. The van der Waals surface area contributed by atoms with Gasteiger partial charge in [0.15, 0.2) is 0 Å². The Labute approximate surface area is 130 Å². The number of rotatable bonds is 1. The maximum Gasteiger partial charge on any atom is 0.141 e. The van der Waals surface area contributed by atoms with Crippen molar-refractivity contribution < 1.29 is 5.11 Å². The zero-order valence-electron chi connectivity index (χ0n) is 12.0. The summed E-state index contributed by atoms with van der Waals surface area (Å²) in [5.74, 6) is 11.3. The van der Waals surface area contributed by atoms with Gasteiger partial charge in [0.05, 0.1) is 0 Å². The molecule has 1 N–H and O–H groups in total. The second-order valence-corrected chi connectivity index (χ2v) is 4.86. The summed E-state index contributed by atoms with van der Waals surface area (Å²) in [6.07, 6.45) is -0.837. The minimum absolute atomic E-state index is 0.812. The first-order chi connectivity index (χ1) is 10.8. The molecule has 0 saturated heterocycles. The van der Waals surface area contributed by atoms with Crippen LogP contribution in [0.3, 0.4) is 0 Å². The fourth-order valence-electron chi connectivity index (χ4n) is 2.30. The number of aliphatic hydroxyl groups is 1. The largest absolute Gasteiger partial charge is 0.376 e. The molecule has 3 rings (SSSR count). The van der Waals surface area contributed by atoms with E-state index in [-0.39, 0.29) is 0 Å². The first-order valence-electron chi connectivity index (χ1n) is 7.07. The maximum atomic E-state index is 10.3. The first-order valence-corrected chi connectivity index (χ1v) is 7.07. The van der Waals surface area contributed by atoms with Gasteiger partial charge in [-0.05, 0) is 34.7 Å². The van der Waals surface area contributed by atoms with Crippen molar-refractivity contribution in [2.45, 2.75) is 6.10 Å². The lowest BCUT2D eigenvalue weighted by Gasteiger charge is -2.07. The van der Waals surface area contributed by atoms with Gasteiger partial charge in [0.1, 0.15) is 6.10 Å². The van der Waals surface area contributed by atoms with Crippen LogP contribution in [0.2, 0.25) is 0 Å². The molecule has 0 aliphatic heterocycles. The topological polar surface area (TPSA) is 20.2 Å². The second kappa shape index (κ2) is 6.64. The lowest BCUT2D eigenvalue weighted by molar-refractivity contribution is 0.240. The smallest absolute Gasteiger partial charge is 0.141 e. The Bertz CT molecular complexity index is 897. The molecule has 3 aromatic carbocycles. The molecule has 1 nitrogen and oxygen atoms in total. The van der Waals surface area contributed by atoms with Gasteiger partial charge in [-0.1, -0.05) is 72.5 Å². The van der Waals surface area contributed by atoms with Crippen LogP contribution >= 0.6 is 0 Å². The monoisotopic (exact) mass is 282 g/mol. The lowest BCUT2D eigenvalue weighted by Crippen LogP contribution is -1.94. The van der Waals surface area contributed by atoms with Gasteiger partial charge in [-0.2, -0.15) is 0 Å². The molecule has 0 radical (unpaired) electrons. The molecule has 0 fully saturated rings. The highest BCUT2D eigenvalue weighted by molar-refractivity contribution is 5.86. The molecule has 0 bridgehead atoms. The Morgan fingerprint density at radius 2 is 1.45 bits per heavy atom. The molecule has 104 valence electrons. The third-order valence-electron chi connectivity index (χ3n) is 3.37. The summed E-state index contributed by atoms with van der Waals surface area (Å²) in [7, 11) is 0. The molecule has 0 spiro atoms. The van der Waals surface area contributed by atoms with Gasteiger partial charge in [0.2, 0.25) is 0 Å². The van der Waals surface area contributed by atoms with E-state index in [4.69, 9.17) is 0 Å². The van der Waals surface area contributed by atoms with Gasteiger partial charge in [-0.15, -0.1) is 0 Å². The van der Waals surface area contributed by atoms with E-state index in [0.717, 1.165) is 21.9 Å². The minimum atomic E-state index is -0.837. The van der Waals surface area contributed by atoms with Crippen molar-refractivity contribution in [2.75, 3.05) is 0 Å². The normalized spacial score (nSPS) is 11.0. The number of fused-ring (bicyclic) bond motifs is 1. The fourth-order valence-corrected chi connectivity index (χ4v) is 2.30. The van der Waals surface area contributed by atoms with Crippen molar-refractivity contribution in [1.29, 1.82) is 0 Å². The summed E-state index contributed by atoms with van der Waals surface area (Å²) in [6.45, 7) is 0. The van der Waals surface area contributed by atoms with Crippen molar-refractivity contribution in [2.24, 2.45) is 0 Å². The lowest BCUT2D eigenvalue weighted by atomic mass is 10.0. The van der Waals surface area contributed by atoms with E-state index in [9.17, 15) is 5.11 Å². The summed E-state index contributed by atoms with van der Waals surface area (Å²) in [5.41, 5.74) is 1.73. The van der Waals surface area contributed by atoms with Crippen LogP contribution in [0.1, 0.15) is 17.2 Å². The van der Waals surface area contributed by atoms with Crippen LogP contribution in [0.25, 0.3) is 10.8 Å². The third-order valence-corrected chi connectivity index (χ3v) is 3.37. The van der Waals surface area contributed by atoms with E-state index in [1.165, 1.54) is 0 Å². The summed E-state index contributed by atoms with van der Waals surface area (Å²) >= 11 is 0. The summed E-state index contributed by atoms with van der Waals surface area (Å²) in [5, 5.41) is 12.4. The van der Waals surface area contributed by atoms with Gasteiger partial charge in [-0.3, -0.25) is 0 Å². The first kappa shape index (κ1) is 14.0. The minimum Gasteiger partial charge on any atom is -0.376 e. The van der Waals surface area contributed by atoms with E-state index in [1.807, 2.05) is 72.8 Å². The van der Waals surface area contributed by atoms with Crippen molar-refractivity contribution >= 4 is 10.8 Å². The molecule has 0 heterocycles. The van der Waals surface area contributed by atoms with Crippen LogP contribution in [-0.4, -0.2) is 5.11 Å². The molecule has 0 aliphatic carbocycles. The fraction of sp³-hybridized carbons (Fsp3) is 0.0476. The summed E-state index contributed by atoms with van der Waals surface area (Å²) < 4.78 is 0. The molecule has 0 aliphatic rings. The van der Waals surface area contributed by atoms with Crippen molar-refractivity contribution in [1.82, 2.24) is 0 Å². The summed E-state index contributed by atoms with van der Waals surface area (Å²) in [6, 6.07) is 23.5. The number of benzene rings is 3.